The van der Waals surface area contributed by atoms with Crippen molar-refractivity contribution in [2.75, 3.05) is 37.5 Å². The fourth-order valence-corrected chi connectivity index (χ4v) is 2.12. The average Bonchev–Trinajstić information content (AvgIpc) is 2.61. The van der Waals surface area contributed by atoms with Gasteiger partial charge in [0.2, 0.25) is 5.91 Å². The summed E-state index contributed by atoms with van der Waals surface area (Å²) in [5, 5.41) is 6.16. The van der Waals surface area contributed by atoms with Gasteiger partial charge in [-0.2, -0.15) is 0 Å². The second-order valence-corrected chi connectivity index (χ2v) is 5.31. The largest absolute Gasteiger partial charge is 0.493 e. The molecule has 0 aliphatic rings. The lowest BCUT2D eigenvalue weighted by atomic mass is 10.2. The van der Waals surface area contributed by atoms with Crippen LogP contribution in [-0.2, 0) is 9.53 Å². The van der Waals surface area contributed by atoms with E-state index in [1.54, 1.807) is 7.11 Å². The van der Waals surface area contributed by atoms with E-state index >= 15 is 0 Å². The molecule has 2 aromatic rings. The average molecular weight is 328 g/mol. The number of methoxy groups -OCH3 is 1. The SMILES string of the molecule is COCCCNc1ccc(NC(=O)CCOc2ccccc2)cc1. The molecule has 5 heteroatoms. The van der Waals surface area contributed by atoms with Crippen molar-refractivity contribution in [2.45, 2.75) is 12.8 Å². The fraction of sp³-hybridized carbons (Fsp3) is 0.316. The summed E-state index contributed by atoms with van der Waals surface area (Å²) in [4.78, 5) is 11.9. The summed E-state index contributed by atoms with van der Waals surface area (Å²) in [6.45, 7) is 1.96. The molecule has 0 radical (unpaired) electrons. The lowest BCUT2D eigenvalue weighted by Gasteiger charge is -2.09. The van der Waals surface area contributed by atoms with Crippen LogP contribution in [0.25, 0.3) is 0 Å². The van der Waals surface area contributed by atoms with Gasteiger partial charge in [0, 0.05) is 31.6 Å². The standard InChI is InChI=1S/C19H24N2O3/c1-23-14-5-13-20-16-8-10-17(11-9-16)21-19(22)12-15-24-18-6-3-2-4-7-18/h2-4,6-11,20H,5,12-15H2,1H3,(H,21,22). The van der Waals surface area contributed by atoms with E-state index < -0.39 is 0 Å². The predicted octanol–water partition coefficient (Wildman–Crippen LogP) is 3.54. The molecule has 1 amide bonds. The third-order valence-corrected chi connectivity index (χ3v) is 3.36. The van der Waals surface area contributed by atoms with Crippen molar-refractivity contribution >= 4 is 17.3 Å². The molecule has 0 bridgehead atoms. The summed E-state index contributed by atoms with van der Waals surface area (Å²) in [5.74, 6) is 0.709. The molecule has 0 atom stereocenters. The van der Waals surface area contributed by atoms with Gasteiger partial charge in [-0.3, -0.25) is 4.79 Å². The van der Waals surface area contributed by atoms with Crippen LogP contribution in [0.2, 0.25) is 0 Å². The number of hydrogen-bond donors (Lipinski definition) is 2. The molecular weight excluding hydrogens is 304 g/mol. The topological polar surface area (TPSA) is 59.6 Å². The molecule has 0 spiro atoms. The Morgan fingerprint density at radius 2 is 1.67 bits per heavy atom. The number of nitrogens with one attached hydrogen (secondary N) is 2. The second-order valence-electron chi connectivity index (χ2n) is 5.31. The minimum atomic E-state index is -0.0632. The molecule has 0 aromatic heterocycles. The molecule has 0 aliphatic carbocycles. The van der Waals surface area contributed by atoms with Crippen LogP contribution in [0.15, 0.2) is 54.6 Å². The van der Waals surface area contributed by atoms with Crippen LogP contribution in [0.1, 0.15) is 12.8 Å². The number of amides is 1. The highest BCUT2D eigenvalue weighted by Crippen LogP contribution is 2.14. The summed E-state index contributed by atoms with van der Waals surface area (Å²) in [6, 6.07) is 17.1. The highest BCUT2D eigenvalue weighted by Gasteiger charge is 2.03. The monoisotopic (exact) mass is 328 g/mol. The number of carbonyl (C=O) groups is 1. The minimum Gasteiger partial charge on any atom is -0.493 e. The van der Waals surface area contributed by atoms with Crippen molar-refractivity contribution in [1.82, 2.24) is 0 Å². The zero-order valence-corrected chi connectivity index (χ0v) is 14.0. The fourth-order valence-electron chi connectivity index (χ4n) is 2.12. The summed E-state index contributed by atoms with van der Waals surface area (Å²) in [7, 11) is 1.70. The maximum atomic E-state index is 11.9. The van der Waals surface area contributed by atoms with Crippen molar-refractivity contribution in [2.24, 2.45) is 0 Å². The van der Waals surface area contributed by atoms with Gasteiger partial charge in [0.1, 0.15) is 5.75 Å². The van der Waals surface area contributed by atoms with Gasteiger partial charge in [-0.05, 0) is 42.8 Å². The van der Waals surface area contributed by atoms with Gasteiger partial charge >= 0.3 is 0 Å². The Kier molecular flexibility index (Phi) is 7.63. The predicted molar refractivity (Wildman–Crippen MR) is 96.6 cm³/mol. The van der Waals surface area contributed by atoms with Crippen molar-refractivity contribution < 1.29 is 14.3 Å². The Labute approximate surface area is 143 Å². The lowest BCUT2D eigenvalue weighted by Crippen LogP contribution is -2.15. The van der Waals surface area contributed by atoms with Crippen LogP contribution < -0.4 is 15.4 Å². The van der Waals surface area contributed by atoms with Gasteiger partial charge in [0.05, 0.1) is 13.0 Å². The minimum absolute atomic E-state index is 0.0632. The smallest absolute Gasteiger partial charge is 0.227 e. The van der Waals surface area contributed by atoms with Gasteiger partial charge in [0.25, 0.3) is 0 Å². The molecule has 0 saturated carbocycles. The zero-order chi connectivity index (χ0) is 17.0. The molecule has 5 nitrogen and oxygen atoms in total. The van der Waals surface area contributed by atoms with Crippen molar-refractivity contribution in [3.05, 3.63) is 54.6 Å². The van der Waals surface area contributed by atoms with Crippen LogP contribution in [0, 0.1) is 0 Å². The molecule has 0 heterocycles. The Morgan fingerprint density at radius 3 is 2.38 bits per heavy atom. The number of rotatable bonds is 10. The highest BCUT2D eigenvalue weighted by atomic mass is 16.5. The molecule has 128 valence electrons. The molecule has 0 unspecified atom stereocenters. The van der Waals surface area contributed by atoms with Gasteiger partial charge < -0.3 is 20.1 Å². The number of hydrogen-bond acceptors (Lipinski definition) is 4. The Bertz CT molecular complexity index is 600. The normalized spacial score (nSPS) is 10.2. The van der Waals surface area contributed by atoms with E-state index in [-0.39, 0.29) is 5.91 Å². The highest BCUT2D eigenvalue weighted by molar-refractivity contribution is 5.90. The molecular formula is C19H24N2O3. The van der Waals surface area contributed by atoms with Crippen LogP contribution in [0.5, 0.6) is 5.75 Å². The number of carbonyl (C=O) groups excluding carboxylic acids is 1. The maximum Gasteiger partial charge on any atom is 0.227 e. The molecule has 2 N–H and O–H groups in total. The Morgan fingerprint density at radius 1 is 0.958 bits per heavy atom. The first-order valence-corrected chi connectivity index (χ1v) is 8.08. The van der Waals surface area contributed by atoms with E-state index in [4.69, 9.17) is 9.47 Å². The third kappa shape index (κ3) is 6.71. The van der Waals surface area contributed by atoms with E-state index in [1.807, 2.05) is 54.6 Å². The summed E-state index contributed by atoms with van der Waals surface area (Å²) >= 11 is 0. The molecule has 0 aliphatic heterocycles. The Balaban J connectivity index is 1.67. The number of anilines is 2. The van der Waals surface area contributed by atoms with Gasteiger partial charge in [-0.25, -0.2) is 0 Å². The van der Waals surface area contributed by atoms with Crippen molar-refractivity contribution in [1.29, 1.82) is 0 Å². The summed E-state index contributed by atoms with van der Waals surface area (Å²) in [6.07, 6.45) is 1.27. The van der Waals surface area contributed by atoms with Gasteiger partial charge in [-0.15, -0.1) is 0 Å². The van der Waals surface area contributed by atoms with Gasteiger partial charge in [0.15, 0.2) is 0 Å². The molecule has 2 rings (SSSR count). The Hall–Kier alpha value is -2.53. The van der Waals surface area contributed by atoms with Gasteiger partial charge in [-0.1, -0.05) is 18.2 Å². The maximum absolute atomic E-state index is 11.9. The molecule has 24 heavy (non-hydrogen) atoms. The van der Waals surface area contributed by atoms with Crippen LogP contribution in [-0.4, -0.2) is 32.8 Å². The van der Waals surface area contributed by atoms with Crippen molar-refractivity contribution in [3.8, 4) is 5.75 Å². The molecule has 0 fully saturated rings. The number of ether oxygens (including phenoxy) is 2. The third-order valence-electron chi connectivity index (χ3n) is 3.36. The molecule has 2 aromatic carbocycles. The lowest BCUT2D eigenvalue weighted by molar-refractivity contribution is -0.116. The number of benzene rings is 2. The first kappa shape index (κ1) is 17.8. The molecule has 0 saturated heterocycles. The van der Waals surface area contributed by atoms with E-state index in [0.717, 1.165) is 36.7 Å². The van der Waals surface area contributed by atoms with Crippen LogP contribution in [0.3, 0.4) is 0 Å². The van der Waals surface area contributed by atoms with E-state index in [0.29, 0.717) is 13.0 Å². The second kappa shape index (κ2) is 10.3. The zero-order valence-electron chi connectivity index (χ0n) is 14.0. The summed E-state index contributed by atoms with van der Waals surface area (Å²) < 4.78 is 10.5. The van der Waals surface area contributed by atoms with Crippen LogP contribution >= 0.6 is 0 Å². The van der Waals surface area contributed by atoms with E-state index in [9.17, 15) is 4.79 Å². The summed E-state index contributed by atoms with van der Waals surface area (Å²) in [5.41, 5.74) is 1.80. The first-order valence-electron chi connectivity index (χ1n) is 8.08. The number of para-hydroxylation sites is 1. The quantitative estimate of drug-likeness (QED) is 0.655. The van der Waals surface area contributed by atoms with Crippen LogP contribution in [0.4, 0.5) is 11.4 Å². The van der Waals surface area contributed by atoms with E-state index in [1.165, 1.54) is 0 Å². The first-order chi connectivity index (χ1) is 11.8. The van der Waals surface area contributed by atoms with E-state index in [2.05, 4.69) is 10.6 Å². The van der Waals surface area contributed by atoms with Crippen molar-refractivity contribution in [3.63, 3.8) is 0 Å².